The van der Waals surface area contributed by atoms with Gasteiger partial charge < -0.3 is 9.30 Å². The maximum Gasteiger partial charge on any atom is 0.123 e. The van der Waals surface area contributed by atoms with Gasteiger partial charge in [0.1, 0.15) is 11.3 Å². The van der Waals surface area contributed by atoms with Gasteiger partial charge in [-0.3, -0.25) is 0 Å². The second-order valence-electron chi connectivity index (χ2n) is 6.33. The summed E-state index contributed by atoms with van der Waals surface area (Å²) in [6.07, 6.45) is 2.04. The van der Waals surface area contributed by atoms with Crippen molar-refractivity contribution < 1.29 is 4.74 Å². The van der Waals surface area contributed by atoms with Crippen LogP contribution >= 0.6 is 27.5 Å². The summed E-state index contributed by atoms with van der Waals surface area (Å²) in [6.45, 7) is 8.39. The number of nitrogens with zero attached hydrogens (tertiary/aromatic N) is 1. The van der Waals surface area contributed by atoms with Gasteiger partial charge >= 0.3 is 0 Å². The van der Waals surface area contributed by atoms with E-state index in [-0.39, 0.29) is 0 Å². The number of hydrogen-bond donors (Lipinski definition) is 0. The Balaban J connectivity index is 2.05. The van der Waals surface area contributed by atoms with Crippen LogP contribution in [0.5, 0.6) is 0 Å². The molecule has 0 radical (unpaired) electrons. The minimum atomic E-state index is -1.04. The van der Waals surface area contributed by atoms with Gasteiger partial charge in [0.05, 0.1) is 5.02 Å². The Morgan fingerprint density at radius 1 is 1.19 bits per heavy atom. The molecule has 114 valence electrons. The summed E-state index contributed by atoms with van der Waals surface area (Å²) < 4.78 is 8.67. The summed E-state index contributed by atoms with van der Waals surface area (Å²) in [6, 6.07) is 11.3. The summed E-state index contributed by atoms with van der Waals surface area (Å²) in [7, 11) is -1.04. The van der Waals surface area contributed by atoms with Crippen LogP contribution in [0.2, 0.25) is 30.7 Å². The van der Waals surface area contributed by atoms with E-state index in [1.54, 1.807) is 0 Å². The number of benzene rings is 1. The van der Waals surface area contributed by atoms with Crippen molar-refractivity contribution in [2.45, 2.75) is 32.4 Å². The number of hydrogen-bond acceptors (Lipinski definition) is 1. The Labute approximate surface area is 141 Å². The van der Waals surface area contributed by atoms with Crippen LogP contribution in [0, 0.1) is 0 Å². The van der Waals surface area contributed by atoms with Crippen molar-refractivity contribution in [3.8, 4) is 11.1 Å². The third-order valence-corrected chi connectivity index (χ3v) is 6.43. The van der Waals surface area contributed by atoms with Crippen molar-refractivity contribution in [3.63, 3.8) is 0 Å². The first-order valence-electron chi connectivity index (χ1n) is 7.06. The Morgan fingerprint density at radius 2 is 1.86 bits per heavy atom. The first-order valence-corrected chi connectivity index (χ1v) is 11.9. The van der Waals surface area contributed by atoms with Gasteiger partial charge in [-0.05, 0) is 27.5 Å². The maximum atomic E-state index is 6.42. The number of ether oxygens (including phenoxy) is 1. The molecule has 0 bridgehead atoms. The highest BCUT2D eigenvalue weighted by atomic mass is 79.9. The lowest BCUT2D eigenvalue weighted by molar-refractivity contribution is 0.0861. The van der Waals surface area contributed by atoms with Crippen molar-refractivity contribution in [3.05, 3.63) is 46.2 Å². The van der Waals surface area contributed by atoms with E-state index in [2.05, 4.69) is 47.7 Å². The summed E-state index contributed by atoms with van der Waals surface area (Å²) in [5.41, 5.74) is 2.14. The van der Waals surface area contributed by atoms with E-state index in [0.29, 0.717) is 6.73 Å². The van der Waals surface area contributed by atoms with Crippen LogP contribution in [0.1, 0.15) is 0 Å². The van der Waals surface area contributed by atoms with Crippen LogP contribution in [-0.2, 0) is 11.5 Å². The highest BCUT2D eigenvalue weighted by Gasteiger charge is 2.15. The molecule has 2 aromatic rings. The molecule has 0 aliphatic heterocycles. The molecule has 0 saturated carbocycles. The molecule has 0 unspecified atom stereocenters. The van der Waals surface area contributed by atoms with Gasteiger partial charge in [-0.15, -0.1) is 0 Å². The van der Waals surface area contributed by atoms with Crippen LogP contribution < -0.4 is 0 Å². The van der Waals surface area contributed by atoms with Crippen molar-refractivity contribution in [2.24, 2.45) is 0 Å². The Bertz CT molecular complexity index is 592. The summed E-state index contributed by atoms with van der Waals surface area (Å²) in [4.78, 5) is 0. The van der Waals surface area contributed by atoms with Gasteiger partial charge in [0, 0.05) is 26.4 Å². The molecule has 0 atom stereocenters. The zero-order valence-corrected chi connectivity index (χ0v) is 16.0. The average Bonchev–Trinajstić information content (AvgIpc) is 2.72. The van der Waals surface area contributed by atoms with Gasteiger partial charge in [-0.25, -0.2) is 0 Å². The zero-order chi connectivity index (χ0) is 15.5. The van der Waals surface area contributed by atoms with Gasteiger partial charge in [0.15, 0.2) is 0 Å². The van der Waals surface area contributed by atoms with Gasteiger partial charge in [0.25, 0.3) is 0 Å². The van der Waals surface area contributed by atoms with Crippen molar-refractivity contribution in [2.75, 3.05) is 6.61 Å². The molecule has 0 aliphatic carbocycles. The first-order chi connectivity index (χ1) is 9.88. The second kappa shape index (κ2) is 7.14. The molecular weight excluding hydrogens is 366 g/mol. The highest BCUT2D eigenvalue weighted by molar-refractivity contribution is 9.10. The van der Waals surface area contributed by atoms with Gasteiger partial charge in [-0.1, -0.05) is 61.6 Å². The molecule has 1 aromatic heterocycles. The lowest BCUT2D eigenvalue weighted by Gasteiger charge is -2.15. The lowest BCUT2D eigenvalue weighted by Crippen LogP contribution is -2.22. The van der Waals surface area contributed by atoms with Gasteiger partial charge in [-0.2, -0.15) is 0 Å². The zero-order valence-electron chi connectivity index (χ0n) is 12.7. The molecule has 0 amide bonds. The van der Waals surface area contributed by atoms with Crippen molar-refractivity contribution >= 4 is 35.6 Å². The fraction of sp³-hybridized carbons (Fsp3) is 0.375. The molecular formula is C16H21BrClNOSi. The minimum Gasteiger partial charge on any atom is -0.361 e. The van der Waals surface area contributed by atoms with Gasteiger partial charge in [0.2, 0.25) is 0 Å². The van der Waals surface area contributed by atoms with Crippen LogP contribution in [-0.4, -0.2) is 19.2 Å². The van der Waals surface area contributed by atoms with E-state index in [4.69, 9.17) is 16.3 Å². The van der Waals surface area contributed by atoms with Crippen molar-refractivity contribution in [1.82, 2.24) is 4.57 Å². The van der Waals surface area contributed by atoms with E-state index in [9.17, 15) is 0 Å². The molecule has 21 heavy (non-hydrogen) atoms. The first kappa shape index (κ1) is 16.8. The third-order valence-electron chi connectivity index (χ3n) is 3.27. The molecule has 2 nitrogen and oxygen atoms in total. The van der Waals surface area contributed by atoms with E-state index >= 15 is 0 Å². The van der Waals surface area contributed by atoms with Crippen LogP contribution in [0.3, 0.4) is 0 Å². The Morgan fingerprint density at radius 3 is 2.48 bits per heavy atom. The molecule has 5 heteroatoms. The summed E-state index contributed by atoms with van der Waals surface area (Å²) >= 11 is 9.97. The highest BCUT2D eigenvalue weighted by Crippen LogP contribution is 2.35. The quantitative estimate of drug-likeness (QED) is 0.446. The third kappa shape index (κ3) is 4.71. The predicted octanol–water partition coefficient (Wildman–Crippen LogP) is 5.88. The van der Waals surface area contributed by atoms with E-state index in [1.807, 2.05) is 29.0 Å². The fourth-order valence-electron chi connectivity index (χ4n) is 1.96. The average molecular weight is 387 g/mol. The number of halogens is 2. The molecule has 0 spiro atoms. The molecule has 0 fully saturated rings. The molecule has 0 N–H and O–H groups in total. The van der Waals surface area contributed by atoms with Crippen LogP contribution in [0.15, 0.2) is 41.1 Å². The van der Waals surface area contributed by atoms with Crippen LogP contribution in [0.25, 0.3) is 11.1 Å². The molecule has 2 rings (SSSR count). The van der Waals surface area contributed by atoms with Crippen molar-refractivity contribution in [1.29, 1.82) is 0 Å². The van der Waals surface area contributed by atoms with E-state index < -0.39 is 8.07 Å². The molecule has 1 heterocycles. The summed E-state index contributed by atoms with van der Waals surface area (Å²) in [5.74, 6) is 0. The topological polar surface area (TPSA) is 14.2 Å². The van der Waals surface area contributed by atoms with Crippen LogP contribution in [0.4, 0.5) is 0 Å². The van der Waals surface area contributed by atoms with E-state index in [1.165, 1.54) is 6.04 Å². The Kier molecular flexibility index (Phi) is 5.71. The normalized spacial score (nSPS) is 11.9. The second-order valence-corrected chi connectivity index (χ2v) is 13.1. The number of rotatable bonds is 6. The monoisotopic (exact) mass is 385 g/mol. The molecule has 1 aromatic carbocycles. The lowest BCUT2D eigenvalue weighted by atomic mass is 10.1. The maximum absolute atomic E-state index is 6.42. The fourth-order valence-corrected chi connectivity index (χ4v) is 3.40. The molecule has 0 aliphatic rings. The van der Waals surface area contributed by atoms with E-state index in [0.717, 1.165) is 27.4 Å². The smallest absolute Gasteiger partial charge is 0.123 e. The number of aromatic nitrogens is 1. The Hall–Kier alpha value is -0.553. The SMILES string of the molecule is C[Si](C)(C)CCOCn1cc(-c2ccccc2)c(Cl)c1Br. The predicted molar refractivity (Wildman–Crippen MR) is 96.7 cm³/mol. The summed E-state index contributed by atoms with van der Waals surface area (Å²) in [5, 5.41) is 0.731. The minimum absolute atomic E-state index is 0.525. The molecule has 0 saturated heterocycles. The largest absolute Gasteiger partial charge is 0.361 e. The standard InChI is InChI=1S/C16H21BrClNOSi/c1-21(2,3)10-9-20-12-19-11-14(15(18)16(19)17)13-7-5-4-6-8-13/h4-8,11H,9-10,12H2,1-3H3.